The molecule has 3 heteroatoms. The quantitative estimate of drug-likeness (QED) is 0.804. The average molecular weight is 246 g/mol. The Bertz CT molecular complexity index is 385. The third kappa shape index (κ3) is 3.56. The molecule has 0 bridgehead atoms. The van der Waals surface area contributed by atoms with Gasteiger partial charge in [0.2, 0.25) is 0 Å². The first-order chi connectivity index (χ1) is 8.68. The first-order valence-corrected chi connectivity index (χ1v) is 6.52. The third-order valence-corrected chi connectivity index (χ3v) is 3.10. The minimum atomic E-state index is -0.751. The number of nitriles is 1. The van der Waals surface area contributed by atoms with Gasteiger partial charge < -0.3 is 4.74 Å². The molecule has 0 heterocycles. The van der Waals surface area contributed by atoms with Crippen molar-refractivity contribution < 1.29 is 4.74 Å². The second-order valence-electron chi connectivity index (χ2n) is 4.44. The van der Waals surface area contributed by atoms with Gasteiger partial charge in [0.15, 0.2) is 5.54 Å². The van der Waals surface area contributed by atoms with Gasteiger partial charge in [0.05, 0.1) is 18.8 Å². The highest BCUT2D eigenvalue weighted by Crippen LogP contribution is 2.21. The van der Waals surface area contributed by atoms with Crippen molar-refractivity contribution in [2.24, 2.45) is 0 Å². The van der Waals surface area contributed by atoms with E-state index in [1.165, 1.54) is 0 Å². The molecule has 0 spiro atoms. The van der Waals surface area contributed by atoms with Gasteiger partial charge in [-0.15, -0.1) is 0 Å². The van der Waals surface area contributed by atoms with Crippen molar-refractivity contribution in [1.82, 2.24) is 5.32 Å². The predicted molar refractivity (Wildman–Crippen MR) is 73.1 cm³/mol. The number of benzene rings is 1. The van der Waals surface area contributed by atoms with E-state index in [9.17, 15) is 5.26 Å². The second kappa shape index (κ2) is 7.15. The highest BCUT2D eigenvalue weighted by molar-refractivity contribution is 5.31. The molecule has 0 aliphatic rings. The molecule has 0 saturated carbocycles. The van der Waals surface area contributed by atoms with Crippen LogP contribution in [0.15, 0.2) is 30.3 Å². The monoisotopic (exact) mass is 246 g/mol. The van der Waals surface area contributed by atoms with Crippen LogP contribution in [-0.4, -0.2) is 19.3 Å². The summed E-state index contributed by atoms with van der Waals surface area (Å²) in [5.41, 5.74) is 0.206. The Balaban J connectivity index is 2.92. The molecule has 1 N–H and O–H groups in total. The zero-order valence-electron chi connectivity index (χ0n) is 11.4. The molecule has 1 aromatic carbocycles. The van der Waals surface area contributed by atoms with Crippen LogP contribution in [0.2, 0.25) is 0 Å². The van der Waals surface area contributed by atoms with E-state index in [0.717, 1.165) is 18.5 Å². The minimum Gasteiger partial charge on any atom is -0.375 e. The van der Waals surface area contributed by atoms with Gasteiger partial charge in [-0.1, -0.05) is 44.2 Å². The van der Waals surface area contributed by atoms with E-state index >= 15 is 0 Å². The molecule has 1 aromatic rings. The van der Waals surface area contributed by atoms with Gasteiger partial charge in [-0.25, -0.2) is 0 Å². The topological polar surface area (TPSA) is 45.0 Å². The summed E-state index contributed by atoms with van der Waals surface area (Å²) in [7, 11) is 0. The van der Waals surface area contributed by atoms with Crippen molar-refractivity contribution >= 4 is 0 Å². The number of nitrogens with one attached hydrogen (secondary N) is 1. The number of ether oxygens (including phenoxy) is 1. The standard InChI is InChI=1S/C15H22N2O/c1-4-13(3)18-12-15(11-16,17-5-2)14-9-7-6-8-10-14/h6-10,13,17H,4-5,12H2,1-3H3. The smallest absolute Gasteiger partial charge is 0.155 e. The average Bonchev–Trinajstić information content (AvgIpc) is 2.44. The van der Waals surface area contributed by atoms with E-state index in [-0.39, 0.29) is 6.10 Å². The number of hydrogen-bond donors (Lipinski definition) is 1. The van der Waals surface area contributed by atoms with Crippen molar-refractivity contribution in [2.75, 3.05) is 13.2 Å². The van der Waals surface area contributed by atoms with Crippen LogP contribution in [0.1, 0.15) is 32.8 Å². The van der Waals surface area contributed by atoms with Crippen LogP contribution >= 0.6 is 0 Å². The summed E-state index contributed by atoms with van der Waals surface area (Å²) in [6.45, 7) is 7.20. The molecule has 0 aliphatic carbocycles. The number of hydrogen-bond acceptors (Lipinski definition) is 3. The molecule has 3 nitrogen and oxygen atoms in total. The molecule has 2 unspecified atom stereocenters. The fourth-order valence-corrected chi connectivity index (χ4v) is 1.78. The highest BCUT2D eigenvalue weighted by Gasteiger charge is 2.32. The summed E-state index contributed by atoms with van der Waals surface area (Å²) in [6, 6.07) is 12.1. The maximum atomic E-state index is 9.55. The van der Waals surface area contributed by atoms with Crippen LogP contribution in [0, 0.1) is 11.3 Å². The molecule has 0 aliphatic heterocycles. The molecular weight excluding hydrogens is 224 g/mol. The van der Waals surface area contributed by atoms with Crippen LogP contribution < -0.4 is 5.32 Å². The Morgan fingerprint density at radius 2 is 2.00 bits per heavy atom. The summed E-state index contributed by atoms with van der Waals surface area (Å²) < 4.78 is 5.77. The lowest BCUT2D eigenvalue weighted by Crippen LogP contribution is -2.45. The van der Waals surface area contributed by atoms with Gasteiger partial charge in [-0.05, 0) is 25.5 Å². The first-order valence-electron chi connectivity index (χ1n) is 6.52. The Morgan fingerprint density at radius 1 is 1.33 bits per heavy atom. The van der Waals surface area contributed by atoms with Gasteiger partial charge in [-0.3, -0.25) is 5.32 Å². The molecule has 0 amide bonds. The number of rotatable bonds is 7. The Hall–Kier alpha value is -1.37. The Labute approximate surface area is 110 Å². The van der Waals surface area contributed by atoms with Crippen LogP contribution in [0.4, 0.5) is 0 Å². The molecule has 0 saturated heterocycles. The van der Waals surface area contributed by atoms with Crippen molar-refractivity contribution in [3.8, 4) is 6.07 Å². The summed E-state index contributed by atoms with van der Waals surface area (Å²) in [4.78, 5) is 0. The maximum Gasteiger partial charge on any atom is 0.155 e. The molecule has 18 heavy (non-hydrogen) atoms. The number of likely N-dealkylation sites (N-methyl/N-ethyl adjacent to an activating group) is 1. The molecular formula is C15H22N2O. The molecule has 0 radical (unpaired) electrons. The maximum absolute atomic E-state index is 9.55. The second-order valence-corrected chi connectivity index (χ2v) is 4.44. The van der Waals surface area contributed by atoms with E-state index < -0.39 is 5.54 Å². The zero-order valence-corrected chi connectivity index (χ0v) is 11.4. The van der Waals surface area contributed by atoms with E-state index in [1.54, 1.807) is 0 Å². The minimum absolute atomic E-state index is 0.167. The van der Waals surface area contributed by atoms with E-state index in [1.807, 2.05) is 44.2 Å². The van der Waals surface area contributed by atoms with Gasteiger partial charge in [0.25, 0.3) is 0 Å². The van der Waals surface area contributed by atoms with Crippen LogP contribution in [0.25, 0.3) is 0 Å². The van der Waals surface area contributed by atoms with E-state index in [2.05, 4.69) is 18.3 Å². The summed E-state index contributed by atoms with van der Waals surface area (Å²) in [5, 5.41) is 12.8. The Kier molecular flexibility index (Phi) is 5.84. The zero-order chi connectivity index (χ0) is 13.4. The molecule has 0 fully saturated rings. The van der Waals surface area contributed by atoms with Gasteiger partial charge in [-0.2, -0.15) is 5.26 Å². The molecule has 1 rings (SSSR count). The fourth-order valence-electron chi connectivity index (χ4n) is 1.78. The first kappa shape index (κ1) is 14.7. The molecule has 0 aromatic heterocycles. The largest absolute Gasteiger partial charge is 0.375 e. The lowest BCUT2D eigenvalue weighted by atomic mass is 9.92. The lowest BCUT2D eigenvalue weighted by Gasteiger charge is -2.29. The predicted octanol–water partition coefficient (Wildman–Crippen LogP) is 2.83. The fraction of sp³-hybridized carbons (Fsp3) is 0.533. The van der Waals surface area contributed by atoms with Crippen molar-refractivity contribution in [3.05, 3.63) is 35.9 Å². The SMILES string of the molecule is CCNC(C#N)(COC(C)CC)c1ccccc1. The summed E-state index contributed by atoms with van der Waals surface area (Å²) in [6.07, 6.45) is 1.11. The van der Waals surface area contributed by atoms with Crippen LogP contribution in [0.3, 0.4) is 0 Å². The normalized spacial score (nSPS) is 15.7. The van der Waals surface area contributed by atoms with E-state index in [0.29, 0.717) is 6.61 Å². The van der Waals surface area contributed by atoms with Crippen molar-refractivity contribution in [2.45, 2.75) is 38.8 Å². The van der Waals surface area contributed by atoms with Gasteiger partial charge >= 0.3 is 0 Å². The van der Waals surface area contributed by atoms with E-state index in [4.69, 9.17) is 4.74 Å². The highest BCUT2D eigenvalue weighted by atomic mass is 16.5. The number of nitrogens with zero attached hydrogens (tertiary/aromatic N) is 1. The summed E-state index contributed by atoms with van der Waals surface area (Å²) >= 11 is 0. The lowest BCUT2D eigenvalue weighted by molar-refractivity contribution is 0.0312. The molecule has 98 valence electrons. The van der Waals surface area contributed by atoms with Gasteiger partial charge in [0, 0.05) is 0 Å². The van der Waals surface area contributed by atoms with Crippen LogP contribution in [-0.2, 0) is 10.3 Å². The molecule has 2 atom stereocenters. The summed E-state index contributed by atoms with van der Waals surface area (Å²) in [5.74, 6) is 0. The Morgan fingerprint density at radius 3 is 2.50 bits per heavy atom. The van der Waals surface area contributed by atoms with Crippen molar-refractivity contribution in [3.63, 3.8) is 0 Å². The van der Waals surface area contributed by atoms with Gasteiger partial charge in [0.1, 0.15) is 0 Å². The van der Waals surface area contributed by atoms with Crippen LogP contribution in [0.5, 0.6) is 0 Å². The van der Waals surface area contributed by atoms with Crippen molar-refractivity contribution in [1.29, 1.82) is 5.26 Å². The third-order valence-electron chi connectivity index (χ3n) is 3.10.